The number of fused-ring (bicyclic) bond motifs is 1. The van der Waals surface area contributed by atoms with Crippen LogP contribution in [0.5, 0.6) is 0 Å². The first-order valence-electron chi connectivity index (χ1n) is 10.4. The van der Waals surface area contributed by atoms with Gasteiger partial charge in [0, 0.05) is 18.5 Å². The quantitative estimate of drug-likeness (QED) is 0.474. The van der Waals surface area contributed by atoms with Crippen LogP contribution in [0.15, 0.2) is 77.7 Å². The number of amides is 1. The molecule has 0 aliphatic carbocycles. The molecule has 1 unspecified atom stereocenters. The largest absolute Gasteiger partial charge is 0.350 e. The molecule has 5 heteroatoms. The molecule has 1 saturated heterocycles. The van der Waals surface area contributed by atoms with Gasteiger partial charge in [-0.15, -0.1) is 11.8 Å². The minimum atomic E-state index is -0.197. The molecular formula is C25H27NO3S. The maximum absolute atomic E-state index is 13.3. The zero-order valence-electron chi connectivity index (χ0n) is 17.2. The van der Waals surface area contributed by atoms with Crippen molar-refractivity contribution in [3.63, 3.8) is 0 Å². The molecule has 1 amide bonds. The first-order valence-corrected chi connectivity index (χ1v) is 11.2. The summed E-state index contributed by atoms with van der Waals surface area (Å²) in [5, 5.41) is 2.21. The van der Waals surface area contributed by atoms with Crippen molar-refractivity contribution in [1.82, 2.24) is 4.90 Å². The Hall–Kier alpha value is -2.34. The van der Waals surface area contributed by atoms with Crippen molar-refractivity contribution in [1.29, 1.82) is 0 Å². The summed E-state index contributed by atoms with van der Waals surface area (Å²) >= 11 is 1.63. The Morgan fingerprint density at radius 3 is 2.47 bits per heavy atom. The highest BCUT2D eigenvalue weighted by molar-refractivity contribution is 8.00. The maximum atomic E-state index is 13.3. The van der Waals surface area contributed by atoms with Gasteiger partial charge in [-0.3, -0.25) is 4.79 Å². The lowest BCUT2D eigenvalue weighted by Crippen LogP contribution is -2.35. The molecule has 30 heavy (non-hydrogen) atoms. The molecule has 4 nitrogen and oxygen atoms in total. The van der Waals surface area contributed by atoms with Gasteiger partial charge in [0.1, 0.15) is 0 Å². The monoisotopic (exact) mass is 421 g/mol. The minimum absolute atomic E-state index is 0.134. The molecule has 1 fully saturated rings. The number of thioether (sulfide) groups is 1. The molecule has 1 atom stereocenters. The topological polar surface area (TPSA) is 38.8 Å². The molecule has 1 aliphatic heterocycles. The molecular weight excluding hydrogens is 394 g/mol. The molecule has 0 N–H and O–H groups in total. The number of nitrogens with zero attached hydrogens (tertiary/aromatic N) is 1. The molecule has 0 radical (unpaired) electrons. The van der Waals surface area contributed by atoms with Gasteiger partial charge in [-0.1, -0.05) is 60.7 Å². The summed E-state index contributed by atoms with van der Waals surface area (Å²) < 4.78 is 11.2. The third kappa shape index (κ3) is 5.42. The van der Waals surface area contributed by atoms with Crippen molar-refractivity contribution >= 4 is 28.4 Å². The van der Waals surface area contributed by atoms with Crippen LogP contribution < -0.4 is 0 Å². The molecule has 156 valence electrons. The Morgan fingerprint density at radius 2 is 1.70 bits per heavy atom. The van der Waals surface area contributed by atoms with E-state index >= 15 is 0 Å². The number of hydrogen-bond donors (Lipinski definition) is 0. The van der Waals surface area contributed by atoms with E-state index in [9.17, 15) is 4.79 Å². The zero-order chi connectivity index (χ0) is 20.8. The van der Waals surface area contributed by atoms with Crippen molar-refractivity contribution in [3.05, 3.63) is 78.4 Å². The summed E-state index contributed by atoms with van der Waals surface area (Å²) in [7, 11) is 1.88. The highest BCUT2D eigenvalue weighted by Gasteiger charge is 2.26. The van der Waals surface area contributed by atoms with Gasteiger partial charge < -0.3 is 14.4 Å². The van der Waals surface area contributed by atoms with Gasteiger partial charge in [0.25, 0.3) is 0 Å². The third-order valence-corrected chi connectivity index (χ3v) is 6.52. The van der Waals surface area contributed by atoms with Crippen LogP contribution in [0.1, 0.15) is 18.4 Å². The number of carbonyl (C=O) groups excluding carboxylic acids is 1. The predicted octanol–water partition coefficient (Wildman–Crippen LogP) is 5.11. The van der Waals surface area contributed by atoms with Gasteiger partial charge in [-0.25, -0.2) is 0 Å². The van der Waals surface area contributed by atoms with E-state index in [0.717, 1.165) is 16.9 Å². The zero-order valence-corrected chi connectivity index (χ0v) is 18.0. The van der Waals surface area contributed by atoms with Crippen molar-refractivity contribution in [2.45, 2.75) is 35.8 Å². The van der Waals surface area contributed by atoms with E-state index in [1.54, 1.807) is 11.8 Å². The number of rotatable bonds is 8. The molecule has 0 aromatic heterocycles. The van der Waals surface area contributed by atoms with Crippen LogP contribution >= 0.6 is 11.8 Å². The van der Waals surface area contributed by atoms with E-state index < -0.39 is 0 Å². The molecule has 1 heterocycles. The molecule has 0 saturated carbocycles. The lowest BCUT2D eigenvalue weighted by molar-refractivity contribution is -0.130. The molecule has 0 bridgehead atoms. The first-order chi connectivity index (χ1) is 14.7. The van der Waals surface area contributed by atoms with Gasteiger partial charge in [0.2, 0.25) is 5.91 Å². The smallest absolute Gasteiger partial charge is 0.236 e. The van der Waals surface area contributed by atoms with Gasteiger partial charge in [-0.2, -0.15) is 0 Å². The Kier molecular flexibility index (Phi) is 7.05. The van der Waals surface area contributed by atoms with Crippen LogP contribution in [0.3, 0.4) is 0 Å². The molecule has 0 spiro atoms. The number of carbonyl (C=O) groups is 1. The predicted molar refractivity (Wildman–Crippen MR) is 121 cm³/mol. The Labute approximate surface area is 182 Å². The summed E-state index contributed by atoms with van der Waals surface area (Å²) in [4.78, 5) is 16.3. The summed E-state index contributed by atoms with van der Waals surface area (Å²) in [6, 6.07) is 24.8. The second-order valence-corrected chi connectivity index (χ2v) is 8.82. The number of hydrogen-bond acceptors (Lipinski definition) is 4. The third-order valence-electron chi connectivity index (χ3n) is 5.27. The summed E-state index contributed by atoms with van der Waals surface area (Å²) in [6.45, 7) is 1.87. The van der Waals surface area contributed by atoms with Crippen LogP contribution in [0.2, 0.25) is 0 Å². The fraction of sp³-hybridized carbons (Fsp3) is 0.320. The maximum Gasteiger partial charge on any atom is 0.236 e. The van der Waals surface area contributed by atoms with E-state index in [0.29, 0.717) is 26.2 Å². The second-order valence-electron chi connectivity index (χ2n) is 7.54. The fourth-order valence-corrected chi connectivity index (χ4v) is 4.88. The number of ether oxygens (including phenoxy) is 2. The second kappa shape index (κ2) is 10.1. The first kappa shape index (κ1) is 20.9. The van der Waals surface area contributed by atoms with Crippen LogP contribution in [0.4, 0.5) is 0 Å². The van der Waals surface area contributed by atoms with Crippen LogP contribution in [-0.2, 0) is 20.8 Å². The molecule has 3 aromatic rings. The fourth-order valence-electron chi connectivity index (χ4n) is 3.68. The van der Waals surface area contributed by atoms with Crippen LogP contribution in [0.25, 0.3) is 10.8 Å². The molecule has 1 aliphatic rings. The Bertz CT molecular complexity index is 972. The van der Waals surface area contributed by atoms with E-state index in [1.807, 2.05) is 42.3 Å². The number of benzene rings is 3. The van der Waals surface area contributed by atoms with Crippen molar-refractivity contribution in [3.8, 4) is 0 Å². The molecule has 3 aromatic carbocycles. The summed E-state index contributed by atoms with van der Waals surface area (Å²) in [5.41, 5.74) is 1.13. The average molecular weight is 422 g/mol. The van der Waals surface area contributed by atoms with Crippen LogP contribution in [0, 0.1) is 0 Å². The Morgan fingerprint density at radius 1 is 1.00 bits per heavy atom. The lowest BCUT2D eigenvalue weighted by Gasteiger charge is -2.24. The minimum Gasteiger partial charge on any atom is -0.350 e. The summed E-state index contributed by atoms with van der Waals surface area (Å²) in [6.07, 6.45) is 1.23. The average Bonchev–Trinajstić information content (AvgIpc) is 3.30. The van der Waals surface area contributed by atoms with E-state index in [4.69, 9.17) is 9.47 Å². The van der Waals surface area contributed by atoms with Crippen molar-refractivity contribution < 1.29 is 14.3 Å². The Balaban J connectivity index is 1.48. The highest BCUT2D eigenvalue weighted by Crippen LogP contribution is 2.31. The molecule has 4 rings (SSSR count). The van der Waals surface area contributed by atoms with Crippen molar-refractivity contribution in [2.24, 2.45) is 0 Å². The van der Waals surface area contributed by atoms with E-state index in [2.05, 4.69) is 42.5 Å². The van der Waals surface area contributed by atoms with E-state index in [1.165, 1.54) is 10.8 Å². The normalized spacial score (nSPS) is 15.4. The van der Waals surface area contributed by atoms with Gasteiger partial charge in [0.15, 0.2) is 6.29 Å². The van der Waals surface area contributed by atoms with Crippen molar-refractivity contribution in [2.75, 3.05) is 20.3 Å². The van der Waals surface area contributed by atoms with Gasteiger partial charge >= 0.3 is 0 Å². The van der Waals surface area contributed by atoms with Gasteiger partial charge in [0.05, 0.1) is 18.5 Å². The van der Waals surface area contributed by atoms with E-state index in [-0.39, 0.29) is 17.4 Å². The summed E-state index contributed by atoms with van der Waals surface area (Å²) in [5.74, 6) is 0.134. The van der Waals surface area contributed by atoms with Crippen LogP contribution in [-0.4, -0.2) is 42.6 Å². The standard InChI is InChI=1S/C25H27NO3S/c1-26(18-19-7-3-2-4-8-19)25(27)23(13-14-24-28-15-16-29-24)30-22-12-11-20-9-5-6-10-21(20)17-22/h2-12,17,23-24H,13-16,18H2,1H3. The SMILES string of the molecule is CN(Cc1ccccc1)C(=O)C(CCC1OCCO1)Sc1ccc2ccccc2c1. The highest BCUT2D eigenvalue weighted by atomic mass is 32.2. The lowest BCUT2D eigenvalue weighted by atomic mass is 10.1. The van der Waals surface area contributed by atoms with Gasteiger partial charge in [-0.05, 0) is 41.3 Å².